The second kappa shape index (κ2) is 7.23. The van der Waals surface area contributed by atoms with Crippen LogP contribution in [-0.4, -0.2) is 41.9 Å². The number of hydrogen-bond acceptors (Lipinski definition) is 7. The first kappa shape index (κ1) is 17.0. The Labute approximate surface area is 139 Å². The van der Waals surface area contributed by atoms with Gasteiger partial charge in [0.15, 0.2) is 10.8 Å². The summed E-state index contributed by atoms with van der Waals surface area (Å²) in [4.78, 5) is 18.4. The van der Waals surface area contributed by atoms with E-state index >= 15 is 0 Å². The lowest BCUT2D eigenvalue weighted by molar-refractivity contribution is 0.0519. The van der Waals surface area contributed by atoms with Gasteiger partial charge in [-0.15, -0.1) is 10.2 Å². The second-order valence-corrected chi connectivity index (χ2v) is 5.39. The minimum absolute atomic E-state index is 0.0602. The maximum absolute atomic E-state index is 12.0. The van der Waals surface area contributed by atoms with Gasteiger partial charge in [-0.2, -0.15) is 0 Å². The maximum Gasteiger partial charge on any atom is 0.361 e. The molecule has 2 aromatic heterocycles. The summed E-state index contributed by atoms with van der Waals surface area (Å²) in [7, 11) is 3.82. The summed E-state index contributed by atoms with van der Waals surface area (Å²) in [6.07, 6.45) is 0. The van der Waals surface area contributed by atoms with E-state index in [0.29, 0.717) is 11.5 Å². The largest absolute Gasteiger partial charge is 0.461 e. The monoisotopic (exact) mass is 335 g/mol. The number of anilines is 3. The first-order valence-corrected chi connectivity index (χ1v) is 7.42. The zero-order valence-corrected chi connectivity index (χ0v) is 14.2. The van der Waals surface area contributed by atoms with Crippen molar-refractivity contribution >= 4 is 34.9 Å². The normalized spacial score (nSPS) is 10.3. The van der Waals surface area contributed by atoms with Crippen molar-refractivity contribution in [3.8, 4) is 0 Å². The minimum atomic E-state index is -0.570. The first-order chi connectivity index (χ1) is 10.9. The van der Waals surface area contributed by atoms with Gasteiger partial charge in [-0.3, -0.25) is 0 Å². The number of nitrogens with zero attached hydrogens (tertiary/aromatic N) is 4. The van der Waals surface area contributed by atoms with Crippen LogP contribution in [0.15, 0.2) is 18.2 Å². The summed E-state index contributed by atoms with van der Waals surface area (Å²) in [6.45, 7) is 3.94. The average molecular weight is 336 g/mol. The first-order valence-electron chi connectivity index (χ1n) is 7.04. The van der Waals surface area contributed by atoms with E-state index in [-0.39, 0.29) is 17.5 Å². The van der Waals surface area contributed by atoms with Crippen LogP contribution < -0.4 is 10.2 Å². The van der Waals surface area contributed by atoms with Crippen molar-refractivity contribution in [3.63, 3.8) is 0 Å². The lowest BCUT2D eigenvalue weighted by atomic mass is 10.2. The molecule has 0 unspecified atom stereocenters. The fourth-order valence-corrected chi connectivity index (χ4v) is 2.14. The van der Waals surface area contributed by atoms with Crippen LogP contribution in [-0.2, 0) is 4.74 Å². The van der Waals surface area contributed by atoms with Gasteiger partial charge in [0.25, 0.3) is 0 Å². The fourth-order valence-electron chi connectivity index (χ4n) is 1.99. The molecule has 0 aromatic carbocycles. The Balaban J connectivity index is 2.38. The number of halogens is 1. The summed E-state index contributed by atoms with van der Waals surface area (Å²) in [5, 5.41) is 10.7. The Kier molecular flexibility index (Phi) is 5.33. The zero-order chi connectivity index (χ0) is 17.0. The molecule has 23 heavy (non-hydrogen) atoms. The third-order valence-electron chi connectivity index (χ3n) is 2.99. The molecule has 8 heteroatoms. The molecule has 122 valence electrons. The van der Waals surface area contributed by atoms with Gasteiger partial charge in [0.2, 0.25) is 0 Å². The van der Waals surface area contributed by atoms with Crippen molar-refractivity contribution in [2.45, 2.75) is 13.8 Å². The van der Waals surface area contributed by atoms with Crippen molar-refractivity contribution in [1.29, 1.82) is 0 Å². The van der Waals surface area contributed by atoms with Gasteiger partial charge in [0.05, 0.1) is 12.3 Å². The molecule has 0 aliphatic heterocycles. The maximum atomic E-state index is 12.0. The highest BCUT2D eigenvalue weighted by Crippen LogP contribution is 2.24. The lowest BCUT2D eigenvalue weighted by Gasteiger charge is -2.16. The molecule has 0 aliphatic rings. The third-order valence-corrected chi connectivity index (χ3v) is 3.17. The number of ether oxygens (including phenoxy) is 1. The highest BCUT2D eigenvalue weighted by molar-refractivity contribution is 6.29. The third kappa shape index (κ3) is 4.07. The molecule has 0 amide bonds. The van der Waals surface area contributed by atoms with Gasteiger partial charge in [-0.05, 0) is 25.5 Å². The Morgan fingerprint density at radius 2 is 2.09 bits per heavy atom. The molecule has 0 fully saturated rings. The van der Waals surface area contributed by atoms with Gasteiger partial charge < -0.3 is 15.0 Å². The van der Waals surface area contributed by atoms with E-state index < -0.39 is 5.97 Å². The number of pyridine rings is 1. The van der Waals surface area contributed by atoms with E-state index in [0.717, 1.165) is 11.4 Å². The standard InChI is InChI=1S/C15H18ClN5O2/c1-5-23-15(22)13-10(8-11(16)19-20-13)17-12-7-6-9(2)14(18-12)21(3)4/h6-8H,5H2,1-4H3,(H,17,18,19). The molecule has 1 N–H and O–H groups in total. The van der Waals surface area contributed by atoms with Crippen molar-refractivity contribution in [2.24, 2.45) is 0 Å². The molecule has 2 rings (SSSR count). The number of hydrogen-bond donors (Lipinski definition) is 1. The Morgan fingerprint density at radius 3 is 2.74 bits per heavy atom. The predicted octanol–water partition coefficient (Wildman–Crippen LogP) is 2.82. The molecular formula is C15H18ClN5O2. The molecule has 0 saturated carbocycles. The summed E-state index contributed by atoms with van der Waals surface area (Å²) in [5.41, 5.74) is 1.49. The van der Waals surface area contributed by atoms with E-state index in [4.69, 9.17) is 16.3 Å². The number of aryl methyl sites for hydroxylation is 1. The van der Waals surface area contributed by atoms with E-state index in [2.05, 4.69) is 20.5 Å². The highest BCUT2D eigenvalue weighted by atomic mass is 35.5. The average Bonchev–Trinajstić information content (AvgIpc) is 2.49. The predicted molar refractivity (Wildman–Crippen MR) is 89.6 cm³/mol. The number of esters is 1. The molecular weight excluding hydrogens is 318 g/mol. The minimum Gasteiger partial charge on any atom is -0.461 e. The Bertz CT molecular complexity index is 721. The van der Waals surface area contributed by atoms with Gasteiger partial charge >= 0.3 is 5.97 Å². The zero-order valence-electron chi connectivity index (χ0n) is 13.4. The van der Waals surface area contributed by atoms with Gasteiger partial charge in [-0.1, -0.05) is 17.7 Å². The van der Waals surface area contributed by atoms with E-state index in [9.17, 15) is 4.79 Å². The molecule has 2 aromatic rings. The van der Waals surface area contributed by atoms with Crippen LogP contribution in [0.3, 0.4) is 0 Å². The molecule has 0 bridgehead atoms. The van der Waals surface area contributed by atoms with Crippen molar-refractivity contribution in [2.75, 3.05) is 30.9 Å². The highest BCUT2D eigenvalue weighted by Gasteiger charge is 2.17. The van der Waals surface area contributed by atoms with Crippen LogP contribution in [0.25, 0.3) is 0 Å². The molecule has 0 spiro atoms. The summed E-state index contributed by atoms with van der Waals surface area (Å²) < 4.78 is 4.97. The Morgan fingerprint density at radius 1 is 1.35 bits per heavy atom. The van der Waals surface area contributed by atoms with Crippen LogP contribution in [0.4, 0.5) is 17.3 Å². The number of carbonyl (C=O) groups is 1. The summed E-state index contributed by atoms with van der Waals surface area (Å²) in [6, 6.07) is 5.26. The topological polar surface area (TPSA) is 80.2 Å². The second-order valence-electron chi connectivity index (χ2n) is 5.01. The fraction of sp³-hybridized carbons (Fsp3) is 0.333. The van der Waals surface area contributed by atoms with Crippen molar-refractivity contribution in [1.82, 2.24) is 15.2 Å². The van der Waals surface area contributed by atoms with E-state index in [1.807, 2.05) is 38.1 Å². The molecule has 0 radical (unpaired) electrons. The molecule has 0 saturated heterocycles. The number of nitrogens with one attached hydrogen (secondary N) is 1. The van der Waals surface area contributed by atoms with Crippen molar-refractivity contribution in [3.05, 3.63) is 34.6 Å². The summed E-state index contributed by atoms with van der Waals surface area (Å²) in [5.74, 6) is 0.814. The van der Waals surface area contributed by atoms with Gasteiger partial charge in [-0.25, -0.2) is 9.78 Å². The van der Waals surface area contributed by atoms with Gasteiger partial charge in [0.1, 0.15) is 11.6 Å². The van der Waals surface area contributed by atoms with Crippen LogP contribution in [0.1, 0.15) is 23.0 Å². The molecule has 0 aliphatic carbocycles. The number of carbonyl (C=O) groups excluding carboxylic acids is 1. The van der Waals surface area contributed by atoms with E-state index in [1.54, 1.807) is 6.92 Å². The van der Waals surface area contributed by atoms with Crippen molar-refractivity contribution < 1.29 is 9.53 Å². The number of aromatic nitrogens is 3. The van der Waals surface area contributed by atoms with Crippen LogP contribution in [0.5, 0.6) is 0 Å². The molecule has 2 heterocycles. The molecule has 7 nitrogen and oxygen atoms in total. The molecule has 0 atom stereocenters. The number of rotatable bonds is 5. The quantitative estimate of drug-likeness (QED) is 0.841. The van der Waals surface area contributed by atoms with Gasteiger partial charge in [0, 0.05) is 20.2 Å². The summed E-state index contributed by atoms with van der Waals surface area (Å²) >= 11 is 5.88. The SMILES string of the molecule is CCOC(=O)c1nnc(Cl)cc1Nc1ccc(C)c(N(C)C)n1. The Hall–Kier alpha value is -2.41. The van der Waals surface area contributed by atoms with Crippen LogP contribution in [0, 0.1) is 6.92 Å². The smallest absolute Gasteiger partial charge is 0.361 e. The van der Waals surface area contributed by atoms with Crippen LogP contribution >= 0.6 is 11.6 Å². The lowest BCUT2D eigenvalue weighted by Crippen LogP contribution is -2.14. The van der Waals surface area contributed by atoms with Crippen LogP contribution in [0.2, 0.25) is 5.15 Å². The van der Waals surface area contributed by atoms with E-state index in [1.165, 1.54) is 6.07 Å².